The first-order valence-electron chi connectivity index (χ1n) is 7.04. The Hall–Kier alpha value is -1.26. The Bertz CT molecular complexity index is 486. The third-order valence-electron chi connectivity index (χ3n) is 3.53. The maximum absolute atomic E-state index is 12.1. The maximum atomic E-state index is 12.1. The van der Waals surface area contributed by atoms with E-state index < -0.39 is 0 Å². The Balaban J connectivity index is 1.92. The molecule has 110 valence electrons. The maximum Gasteiger partial charge on any atom is 0.238 e. The number of carbonyl (C=O) groups is 1. The highest BCUT2D eigenvalue weighted by Gasteiger charge is 2.26. The van der Waals surface area contributed by atoms with E-state index in [1.165, 1.54) is 12.8 Å². The molecule has 1 aliphatic carbocycles. The Labute approximate surface area is 125 Å². The second kappa shape index (κ2) is 6.46. The van der Waals surface area contributed by atoms with Gasteiger partial charge in [0.1, 0.15) is 0 Å². The minimum Gasteiger partial charge on any atom is -0.399 e. The van der Waals surface area contributed by atoms with Crippen LogP contribution >= 0.6 is 11.6 Å². The van der Waals surface area contributed by atoms with Gasteiger partial charge in [-0.2, -0.15) is 0 Å². The van der Waals surface area contributed by atoms with E-state index in [1.54, 1.807) is 18.2 Å². The third kappa shape index (κ3) is 4.39. The quantitative estimate of drug-likeness (QED) is 0.793. The lowest BCUT2D eigenvalue weighted by Gasteiger charge is -2.25. The van der Waals surface area contributed by atoms with Crippen LogP contribution in [0.3, 0.4) is 0 Å². The number of halogens is 1. The van der Waals surface area contributed by atoms with E-state index in [4.69, 9.17) is 17.3 Å². The van der Waals surface area contributed by atoms with Gasteiger partial charge < -0.3 is 11.1 Å². The molecule has 1 fully saturated rings. The number of nitrogen functional groups attached to an aromatic ring is 1. The average molecular weight is 296 g/mol. The van der Waals surface area contributed by atoms with Crippen LogP contribution in [0.25, 0.3) is 0 Å². The van der Waals surface area contributed by atoms with Crippen molar-refractivity contribution < 1.29 is 4.79 Å². The van der Waals surface area contributed by atoms with Crippen LogP contribution in [0.2, 0.25) is 5.02 Å². The monoisotopic (exact) mass is 295 g/mol. The van der Waals surface area contributed by atoms with E-state index in [0.717, 1.165) is 12.5 Å². The predicted octanol–water partition coefficient (Wildman–Crippen LogP) is 2.98. The number of anilines is 2. The zero-order chi connectivity index (χ0) is 14.7. The van der Waals surface area contributed by atoms with Crippen molar-refractivity contribution in [2.45, 2.75) is 32.7 Å². The number of carbonyl (C=O) groups excluding carboxylic acids is 1. The van der Waals surface area contributed by atoms with E-state index >= 15 is 0 Å². The molecule has 0 heterocycles. The van der Waals surface area contributed by atoms with Crippen LogP contribution in [-0.4, -0.2) is 29.9 Å². The van der Waals surface area contributed by atoms with Gasteiger partial charge in [0.25, 0.3) is 0 Å². The minimum absolute atomic E-state index is 0.0361. The summed E-state index contributed by atoms with van der Waals surface area (Å²) in [4.78, 5) is 14.3. The average Bonchev–Trinajstić information content (AvgIpc) is 3.16. The van der Waals surface area contributed by atoms with Crippen molar-refractivity contribution in [3.05, 3.63) is 23.2 Å². The van der Waals surface area contributed by atoms with Crippen LogP contribution in [0.5, 0.6) is 0 Å². The number of nitrogens with one attached hydrogen (secondary N) is 1. The highest BCUT2D eigenvalue weighted by Crippen LogP contribution is 2.30. The predicted molar refractivity (Wildman–Crippen MR) is 83.9 cm³/mol. The lowest BCUT2D eigenvalue weighted by molar-refractivity contribution is -0.117. The summed E-state index contributed by atoms with van der Waals surface area (Å²) in [5.41, 5.74) is 6.84. The molecule has 0 aliphatic heterocycles. The van der Waals surface area contributed by atoms with Crippen molar-refractivity contribution >= 4 is 28.9 Å². The molecule has 2 rings (SSSR count). The molecule has 0 aromatic heterocycles. The molecule has 0 unspecified atom stereocenters. The molecule has 3 N–H and O–H groups in total. The van der Waals surface area contributed by atoms with E-state index in [1.807, 2.05) is 0 Å². The Morgan fingerprint density at radius 2 is 2.20 bits per heavy atom. The molecule has 1 saturated carbocycles. The molecule has 1 amide bonds. The molecule has 0 spiro atoms. The summed E-state index contributed by atoms with van der Waals surface area (Å²) in [6.07, 6.45) is 2.57. The fourth-order valence-electron chi connectivity index (χ4n) is 2.10. The smallest absolute Gasteiger partial charge is 0.238 e. The highest BCUT2D eigenvalue weighted by atomic mass is 35.5. The molecule has 1 aromatic rings. The number of hydrogen-bond acceptors (Lipinski definition) is 3. The fraction of sp³-hybridized carbons (Fsp3) is 0.533. The number of nitrogens with two attached hydrogens (primary N) is 1. The van der Waals surface area contributed by atoms with Gasteiger partial charge in [-0.3, -0.25) is 9.69 Å². The van der Waals surface area contributed by atoms with Crippen LogP contribution in [0.1, 0.15) is 26.7 Å². The van der Waals surface area contributed by atoms with E-state index in [-0.39, 0.29) is 5.91 Å². The fourth-order valence-corrected chi connectivity index (χ4v) is 2.33. The summed E-state index contributed by atoms with van der Waals surface area (Å²) in [5, 5.41) is 3.32. The Morgan fingerprint density at radius 1 is 1.50 bits per heavy atom. The molecule has 0 radical (unpaired) electrons. The molecule has 0 saturated heterocycles. The van der Waals surface area contributed by atoms with Gasteiger partial charge in [-0.15, -0.1) is 0 Å². The molecule has 4 nitrogen and oxygen atoms in total. The summed E-state index contributed by atoms with van der Waals surface area (Å²) in [7, 11) is 0. The van der Waals surface area contributed by atoms with Gasteiger partial charge >= 0.3 is 0 Å². The molecular weight excluding hydrogens is 274 g/mol. The van der Waals surface area contributed by atoms with Crippen molar-refractivity contribution in [1.82, 2.24) is 4.90 Å². The summed E-state index contributed by atoms with van der Waals surface area (Å²) in [6.45, 7) is 5.63. The highest BCUT2D eigenvalue weighted by molar-refractivity contribution is 6.34. The first kappa shape index (κ1) is 15.1. The third-order valence-corrected chi connectivity index (χ3v) is 3.85. The summed E-state index contributed by atoms with van der Waals surface area (Å²) < 4.78 is 0. The number of hydrogen-bond donors (Lipinski definition) is 2. The Kier molecular flexibility index (Phi) is 4.89. The number of rotatable bonds is 6. The van der Waals surface area contributed by atoms with Crippen LogP contribution in [0.4, 0.5) is 11.4 Å². The van der Waals surface area contributed by atoms with Gasteiger partial charge in [0, 0.05) is 18.3 Å². The number of nitrogens with zero attached hydrogens (tertiary/aromatic N) is 1. The normalized spacial score (nSPS) is 14.8. The lowest BCUT2D eigenvalue weighted by atomic mass is 10.2. The molecule has 5 heteroatoms. The Morgan fingerprint density at radius 3 is 2.75 bits per heavy atom. The van der Waals surface area contributed by atoms with E-state index in [9.17, 15) is 4.79 Å². The summed E-state index contributed by atoms with van der Waals surface area (Å²) in [6, 6.07) is 5.46. The van der Waals surface area contributed by atoms with Gasteiger partial charge in [0.15, 0.2) is 0 Å². The van der Waals surface area contributed by atoms with Crippen molar-refractivity contribution in [3.63, 3.8) is 0 Å². The van der Waals surface area contributed by atoms with Crippen molar-refractivity contribution in [2.75, 3.05) is 24.1 Å². The van der Waals surface area contributed by atoms with Gasteiger partial charge in [-0.1, -0.05) is 11.6 Å². The van der Waals surface area contributed by atoms with Crippen molar-refractivity contribution in [1.29, 1.82) is 0 Å². The van der Waals surface area contributed by atoms with Crippen molar-refractivity contribution in [2.24, 2.45) is 5.92 Å². The SMILES string of the molecule is CC(C)N(CC(=O)Nc1ccc(N)cc1Cl)CC1CC1. The molecule has 0 bridgehead atoms. The standard InChI is InChI=1S/C15H22ClN3O/c1-10(2)19(8-11-3-4-11)9-15(20)18-14-6-5-12(17)7-13(14)16/h5-7,10-11H,3-4,8-9,17H2,1-2H3,(H,18,20). The topological polar surface area (TPSA) is 58.4 Å². The largest absolute Gasteiger partial charge is 0.399 e. The van der Waals surface area contributed by atoms with Gasteiger partial charge in [0.2, 0.25) is 5.91 Å². The zero-order valence-electron chi connectivity index (χ0n) is 12.0. The summed E-state index contributed by atoms with van der Waals surface area (Å²) in [5.74, 6) is 0.733. The molecule has 1 aliphatic rings. The van der Waals surface area contributed by atoms with Crippen LogP contribution in [0.15, 0.2) is 18.2 Å². The molecule has 0 atom stereocenters. The van der Waals surface area contributed by atoms with E-state index in [0.29, 0.717) is 29.0 Å². The van der Waals surface area contributed by atoms with E-state index in [2.05, 4.69) is 24.1 Å². The number of benzene rings is 1. The first-order valence-corrected chi connectivity index (χ1v) is 7.42. The molecule has 1 aromatic carbocycles. The van der Waals surface area contributed by atoms with Crippen LogP contribution < -0.4 is 11.1 Å². The molecule has 20 heavy (non-hydrogen) atoms. The van der Waals surface area contributed by atoms with Crippen molar-refractivity contribution in [3.8, 4) is 0 Å². The van der Waals surface area contributed by atoms with Gasteiger partial charge in [-0.05, 0) is 50.8 Å². The second-order valence-electron chi connectivity index (χ2n) is 5.75. The first-order chi connectivity index (χ1) is 9.45. The second-order valence-corrected chi connectivity index (χ2v) is 6.16. The molecular formula is C15H22ClN3O. The minimum atomic E-state index is -0.0361. The van der Waals surface area contributed by atoms with Crippen LogP contribution in [0, 0.1) is 5.92 Å². The van der Waals surface area contributed by atoms with Crippen LogP contribution in [-0.2, 0) is 4.79 Å². The van der Waals surface area contributed by atoms with Gasteiger partial charge in [0.05, 0.1) is 17.3 Å². The zero-order valence-corrected chi connectivity index (χ0v) is 12.8. The number of amides is 1. The van der Waals surface area contributed by atoms with Gasteiger partial charge in [-0.25, -0.2) is 0 Å². The summed E-state index contributed by atoms with van der Waals surface area (Å²) >= 11 is 6.06. The lowest BCUT2D eigenvalue weighted by Crippen LogP contribution is -2.39.